The number of aliphatic hydroxyl groups excluding tert-OH is 1. The zero-order chi connectivity index (χ0) is 16.2. The fraction of sp³-hybridized carbons (Fsp3) is 0.611. The standard InChI is InChI=1S/C18H25FN2O2/c19-15-4-1-3-13(11-15)14-6-7-16(12-14)20-18(23)21-9-2-5-17(22)8-10-21/h1,3-4,11,14,16-17,22H,2,5-10,12H2,(H,20,23). The van der Waals surface area contributed by atoms with Crippen molar-refractivity contribution in [2.75, 3.05) is 13.1 Å². The molecule has 0 aromatic heterocycles. The summed E-state index contributed by atoms with van der Waals surface area (Å²) in [4.78, 5) is 14.2. The maximum absolute atomic E-state index is 13.3. The molecular weight excluding hydrogens is 295 g/mol. The van der Waals surface area contributed by atoms with E-state index >= 15 is 0 Å². The van der Waals surface area contributed by atoms with Gasteiger partial charge >= 0.3 is 6.03 Å². The van der Waals surface area contributed by atoms with Crippen molar-refractivity contribution >= 4 is 6.03 Å². The summed E-state index contributed by atoms with van der Waals surface area (Å²) in [5.74, 6) is 0.125. The first kappa shape index (κ1) is 16.2. The molecular formula is C18H25FN2O2. The number of carbonyl (C=O) groups is 1. The first-order valence-corrected chi connectivity index (χ1v) is 8.61. The van der Waals surface area contributed by atoms with Crippen LogP contribution in [-0.4, -0.2) is 41.3 Å². The van der Waals surface area contributed by atoms with Gasteiger partial charge in [0, 0.05) is 19.1 Å². The molecule has 3 rings (SSSR count). The van der Waals surface area contributed by atoms with Gasteiger partial charge in [0.1, 0.15) is 5.82 Å². The van der Waals surface area contributed by atoms with Crippen LogP contribution in [0.2, 0.25) is 0 Å². The molecule has 2 fully saturated rings. The number of benzene rings is 1. The third kappa shape index (κ3) is 4.22. The van der Waals surface area contributed by atoms with E-state index in [1.54, 1.807) is 12.1 Å². The minimum absolute atomic E-state index is 0.0241. The lowest BCUT2D eigenvalue weighted by Crippen LogP contribution is -2.44. The van der Waals surface area contributed by atoms with E-state index < -0.39 is 0 Å². The van der Waals surface area contributed by atoms with E-state index in [1.807, 2.05) is 11.0 Å². The van der Waals surface area contributed by atoms with Crippen molar-refractivity contribution in [1.82, 2.24) is 10.2 Å². The third-order valence-corrected chi connectivity index (χ3v) is 5.07. The monoisotopic (exact) mass is 320 g/mol. The minimum atomic E-state index is -0.281. The van der Waals surface area contributed by atoms with Crippen molar-refractivity contribution in [1.29, 1.82) is 0 Å². The van der Waals surface area contributed by atoms with E-state index in [4.69, 9.17) is 0 Å². The molecule has 1 aliphatic carbocycles. The van der Waals surface area contributed by atoms with Crippen molar-refractivity contribution in [3.05, 3.63) is 35.6 Å². The van der Waals surface area contributed by atoms with E-state index in [0.717, 1.165) is 37.7 Å². The molecule has 0 radical (unpaired) electrons. The Morgan fingerprint density at radius 1 is 1.22 bits per heavy atom. The highest BCUT2D eigenvalue weighted by molar-refractivity contribution is 5.74. The highest BCUT2D eigenvalue weighted by Crippen LogP contribution is 2.34. The molecule has 1 saturated carbocycles. The second kappa shape index (κ2) is 7.30. The van der Waals surface area contributed by atoms with Gasteiger partial charge in [0.2, 0.25) is 0 Å². The third-order valence-electron chi connectivity index (χ3n) is 5.07. The molecule has 1 aromatic carbocycles. The van der Waals surface area contributed by atoms with Crippen LogP contribution in [0, 0.1) is 5.82 Å². The zero-order valence-corrected chi connectivity index (χ0v) is 13.4. The molecule has 2 aliphatic rings. The van der Waals surface area contributed by atoms with Crippen LogP contribution in [0.4, 0.5) is 9.18 Å². The molecule has 3 unspecified atom stereocenters. The number of halogens is 1. The number of urea groups is 1. The van der Waals surface area contributed by atoms with E-state index in [-0.39, 0.29) is 24.0 Å². The van der Waals surface area contributed by atoms with Crippen LogP contribution in [0.15, 0.2) is 24.3 Å². The van der Waals surface area contributed by atoms with E-state index in [9.17, 15) is 14.3 Å². The minimum Gasteiger partial charge on any atom is -0.393 e. The quantitative estimate of drug-likeness (QED) is 0.880. The van der Waals surface area contributed by atoms with Gasteiger partial charge in [0.15, 0.2) is 0 Å². The molecule has 4 nitrogen and oxygen atoms in total. The number of hydrogen-bond acceptors (Lipinski definition) is 2. The van der Waals surface area contributed by atoms with Crippen molar-refractivity contribution in [2.45, 2.75) is 56.6 Å². The largest absolute Gasteiger partial charge is 0.393 e. The van der Waals surface area contributed by atoms with Crippen LogP contribution in [0.25, 0.3) is 0 Å². The summed E-state index contributed by atoms with van der Waals surface area (Å²) >= 11 is 0. The lowest BCUT2D eigenvalue weighted by Gasteiger charge is -2.23. The van der Waals surface area contributed by atoms with Gasteiger partial charge in [0.05, 0.1) is 6.10 Å². The maximum atomic E-state index is 13.3. The molecule has 1 aromatic rings. The van der Waals surface area contributed by atoms with Crippen molar-refractivity contribution in [2.24, 2.45) is 0 Å². The van der Waals surface area contributed by atoms with Gasteiger partial charge in [-0.3, -0.25) is 0 Å². The average molecular weight is 320 g/mol. The second-order valence-corrected chi connectivity index (χ2v) is 6.78. The Kier molecular flexibility index (Phi) is 5.16. The first-order valence-electron chi connectivity index (χ1n) is 8.61. The molecule has 23 heavy (non-hydrogen) atoms. The molecule has 0 spiro atoms. The van der Waals surface area contributed by atoms with E-state index in [2.05, 4.69) is 5.32 Å². The molecule has 3 atom stereocenters. The number of rotatable bonds is 2. The highest BCUT2D eigenvalue weighted by Gasteiger charge is 2.29. The van der Waals surface area contributed by atoms with Gasteiger partial charge < -0.3 is 15.3 Å². The molecule has 1 heterocycles. The lowest BCUT2D eigenvalue weighted by molar-refractivity contribution is 0.155. The van der Waals surface area contributed by atoms with Gasteiger partial charge in [0.25, 0.3) is 0 Å². The molecule has 2 amide bonds. The van der Waals surface area contributed by atoms with Crippen LogP contribution >= 0.6 is 0 Å². The SMILES string of the molecule is O=C(NC1CCC(c2cccc(F)c2)C1)N1CCCC(O)CC1. The Morgan fingerprint density at radius 2 is 2.09 bits per heavy atom. The summed E-state index contributed by atoms with van der Waals surface area (Å²) in [6, 6.07) is 6.91. The second-order valence-electron chi connectivity index (χ2n) is 6.78. The van der Waals surface area contributed by atoms with Gasteiger partial charge in [-0.15, -0.1) is 0 Å². The molecule has 2 N–H and O–H groups in total. The number of hydrogen-bond donors (Lipinski definition) is 2. The molecule has 126 valence electrons. The molecule has 1 aliphatic heterocycles. The molecule has 5 heteroatoms. The topological polar surface area (TPSA) is 52.6 Å². The highest BCUT2D eigenvalue weighted by atomic mass is 19.1. The molecule has 0 bridgehead atoms. The Morgan fingerprint density at radius 3 is 2.91 bits per heavy atom. The maximum Gasteiger partial charge on any atom is 0.317 e. The Bertz CT molecular complexity index is 552. The fourth-order valence-electron chi connectivity index (χ4n) is 3.72. The summed E-state index contributed by atoms with van der Waals surface area (Å²) < 4.78 is 13.3. The van der Waals surface area contributed by atoms with Gasteiger partial charge in [-0.25, -0.2) is 9.18 Å². The van der Waals surface area contributed by atoms with Crippen LogP contribution in [0.3, 0.4) is 0 Å². The number of aliphatic hydroxyl groups is 1. The van der Waals surface area contributed by atoms with E-state index in [0.29, 0.717) is 25.4 Å². The number of amides is 2. The van der Waals surface area contributed by atoms with Crippen molar-refractivity contribution < 1.29 is 14.3 Å². The Hall–Kier alpha value is -1.62. The molecule has 1 saturated heterocycles. The number of likely N-dealkylation sites (tertiary alicyclic amines) is 1. The van der Waals surface area contributed by atoms with Crippen LogP contribution < -0.4 is 5.32 Å². The van der Waals surface area contributed by atoms with Crippen LogP contribution in [0.5, 0.6) is 0 Å². The fourth-order valence-corrected chi connectivity index (χ4v) is 3.72. The Balaban J connectivity index is 1.52. The summed E-state index contributed by atoms with van der Waals surface area (Å²) in [6.45, 7) is 1.33. The first-order chi connectivity index (χ1) is 11.1. The zero-order valence-electron chi connectivity index (χ0n) is 13.4. The summed E-state index contributed by atoms with van der Waals surface area (Å²) in [5.41, 5.74) is 1.03. The number of nitrogens with one attached hydrogen (secondary N) is 1. The van der Waals surface area contributed by atoms with Gasteiger partial charge in [-0.2, -0.15) is 0 Å². The normalized spacial score (nSPS) is 28.4. The van der Waals surface area contributed by atoms with Crippen molar-refractivity contribution in [3.63, 3.8) is 0 Å². The number of carbonyl (C=O) groups excluding carboxylic acids is 1. The predicted octanol–water partition coefficient (Wildman–Crippen LogP) is 3.02. The van der Waals surface area contributed by atoms with Crippen LogP contribution in [-0.2, 0) is 0 Å². The Labute approximate surface area is 136 Å². The van der Waals surface area contributed by atoms with Crippen LogP contribution in [0.1, 0.15) is 50.0 Å². The van der Waals surface area contributed by atoms with Crippen molar-refractivity contribution in [3.8, 4) is 0 Å². The smallest absolute Gasteiger partial charge is 0.317 e. The lowest BCUT2D eigenvalue weighted by atomic mass is 9.97. The van der Waals surface area contributed by atoms with Gasteiger partial charge in [-0.05, 0) is 62.1 Å². The predicted molar refractivity (Wildman–Crippen MR) is 86.7 cm³/mol. The summed E-state index contributed by atoms with van der Waals surface area (Å²) in [6.07, 6.45) is 4.78. The summed E-state index contributed by atoms with van der Waals surface area (Å²) in [7, 11) is 0. The van der Waals surface area contributed by atoms with Gasteiger partial charge in [-0.1, -0.05) is 12.1 Å². The number of nitrogens with zero attached hydrogens (tertiary/aromatic N) is 1. The van der Waals surface area contributed by atoms with E-state index in [1.165, 1.54) is 6.07 Å². The average Bonchev–Trinajstić information content (AvgIpc) is 2.88. The summed E-state index contributed by atoms with van der Waals surface area (Å²) in [5, 5.41) is 12.8.